The van der Waals surface area contributed by atoms with Crippen molar-refractivity contribution in [3.8, 4) is 0 Å². The number of sulfone groups is 1. The van der Waals surface area contributed by atoms with Gasteiger partial charge in [0.15, 0.2) is 0 Å². The normalized spacial score (nSPS) is 13.6. The van der Waals surface area contributed by atoms with Gasteiger partial charge in [0.1, 0.15) is 15.6 Å². The van der Waals surface area contributed by atoms with Gasteiger partial charge in [-0.25, -0.2) is 8.42 Å². The first-order valence-electron chi connectivity index (χ1n) is 6.98. The molecule has 0 amide bonds. The summed E-state index contributed by atoms with van der Waals surface area (Å²) in [4.78, 5) is 0. The molecule has 0 fully saturated rings. The summed E-state index contributed by atoms with van der Waals surface area (Å²) in [6.45, 7) is 6.69. The Morgan fingerprint density at radius 2 is 2.11 bits per heavy atom. The maximum Gasteiger partial charge on any atom is 0.150 e. The number of aryl methyl sites for hydroxylation is 1. The van der Waals surface area contributed by atoms with Crippen molar-refractivity contribution in [3.63, 3.8) is 0 Å². The monoisotopic (exact) mass is 287 g/mol. The number of nitrogens with one attached hydrogen (secondary N) is 1. The molecule has 0 spiro atoms. The van der Waals surface area contributed by atoms with Crippen molar-refractivity contribution in [1.29, 1.82) is 0 Å². The molecule has 0 aliphatic rings. The zero-order valence-electron chi connectivity index (χ0n) is 12.1. The second-order valence-corrected chi connectivity index (χ2v) is 7.29. The van der Waals surface area contributed by atoms with Gasteiger partial charge >= 0.3 is 0 Å². The lowest BCUT2D eigenvalue weighted by Crippen LogP contribution is -2.23. The van der Waals surface area contributed by atoms with Crippen LogP contribution in [0.15, 0.2) is 16.7 Å². The molecule has 4 nitrogen and oxygen atoms in total. The van der Waals surface area contributed by atoms with E-state index in [-0.39, 0.29) is 17.5 Å². The van der Waals surface area contributed by atoms with Gasteiger partial charge in [-0.3, -0.25) is 0 Å². The van der Waals surface area contributed by atoms with Gasteiger partial charge in [-0.1, -0.05) is 13.8 Å². The smallest absolute Gasteiger partial charge is 0.150 e. The Morgan fingerprint density at radius 3 is 2.63 bits per heavy atom. The lowest BCUT2D eigenvalue weighted by atomic mass is 10.0. The van der Waals surface area contributed by atoms with Gasteiger partial charge in [-0.2, -0.15) is 0 Å². The minimum absolute atomic E-state index is 0.186. The largest absolute Gasteiger partial charge is 0.469 e. The van der Waals surface area contributed by atoms with Crippen LogP contribution in [0.5, 0.6) is 0 Å². The van der Waals surface area contributed by atoms with Gasteiger partial charge in [-0.15, -0.1) is 0 Å². The van der Waals surface area contributed by atoms with E-state index in [1.54, 1.807) is 13.2 Å². The highest BCUT2D eigenvalue weighted by Gasteiger charge is 2.16. The van der Waals surface area contributed by atoms with Gasteiger partial charge in [0.2, 0.25) is 0 Å². The second-order valence-electron chi connectivity index (χ2n) is 4.82. The highest BCUT2D eigenvalue weighted by atomic mass is 32.2. The molecule has 0 bridgehead atoms. The summed E-state index contributed by atoms with van der Waals surface area (Å²) in [5.74, 6) is 1.40. The highest BCUT2D eigenvalue weighted by Crippen LogP contribution is 2.23. The van der Waals surface area contributed by atoms with Crippen molar-refractivity contribution in [2.24, 2.45) is 0 Å². The Balaban J connectivity index is 2.59. The van der Waals surface area contributed by atoms with E-state index >= 15 is 0 Å². The van der Waals surface area contributed by atoms with Crippen molar-refractivity contribution in [3.05, 3.63) is 23.7 Å². The van der Waals surface area contributed by atoms with Crippen molar-refractivity contribution in [2.75, 3.05) is 18.1 Å². The van der Waals surface area contributed by atoms with E-state index in [1.807, 2.05) is 13.0 Å². The Kier molecular flexibility index (Phi) is 6.58. The minimum atomic E-state index is -2.87. The van der Waals surface area contributed by atoms with Gasteiger partial charge in [0, 0.05) is 17.4 Å². The van der Waals surface area contributed by atoms with Gasteiger partial charge in [0.25, 0.3) is 0 Å². The van der Waals surface area contributed by atoms with E-state index in [2.05, 4.69) is 12.2 Å². The number of hydrogen-bond donors (Lipinski definition) is 1. The molecule has 0 aromatic carbocycles. The molecule has 1 aromatic heterocycles. The van der Waals surface area contributed by atoms with Crippen LogP contribution in [0.1, 0.15) is 50.5 Å². The molecule has 19 heavy (non-hydrogen) atoms. The molecule has 5 heteroatoms. The molecule has 0 saturated heterocycles. The van der Waals surface area contributed by atoms with Crippen LogP contribution >= 0.6 is 0 Å². The second kappa shape index (κ2) is 7.70. The van der Waals surface area contributed by atoms with Crippen LogP contribution in [-0.2, 0) is 9.84 Å². The predicted molar refractivity (Wildman–Crippen MR) is 78.0 cm³/mol. The topological polar surface area (TPSA) is 59.3 Å². The Bertz CT molecular complexity index is 465. The predicted octanol–water partition coefficient (Wildman–Crippen LogP) is 2.84. The van der Waals surface area contributed by atoms with Crippen LogP contribution in [-0.4, -0.2) is 26.5 Å². The average Bonchev–Trinajstić information content (AvgIpc) is 2.80. The molecular formula is C14H25NO3S. The van der Waals surface area contributed by atoms with E-state index in [9.17, 15) is 8.42 Å². The molecule has 0 radical (unpaired) electrons. The lowest BCUT2D eigenvalue weighted by molar-refractivity contribution is 0.472. The fourth-order valence-electron chi connectivity index (χ4n) is 2.09. The third-order valence-corrected chi connectivity index (χ3v) is 5.09. The van der Waals surface area contributed by atoms with E-state index in [0.717, 1.165) is 30.7 Å². The summed E-state index contributed by atoms with van der Waals surface area (Å²) in [5.41, 5.74) is 1.14. The number of furan rings is 1. The Hall–Kier alpha value is -0.810. The summed E-state index contributed by atoms with van der Waals surface area (Å²) in [7, 11) is -2.87. The van der Waals surface area contributed by atoms with Crippen LogP contribution in [0.3, 0.4) is 0 Å². The summed E-state index contributed by atoms with van der Waals surface area (Å²) in [5, 5.41) is 3.46. The molecule has 1 rings (SSSR count). The first-order valence-corrected chi connectivity index (χ1v) is 8.80. The average molecular weight is 287 g/mol. The van der Waals surface area contributed by atoms with Crippen LogP contribution in [0.25, 0.3) is 0 Å². The first-order chi connectivity index (χ1) is 9.00. The maximum atomic E-state index is 11.5. The van der Waals surface area contributed by atoms with E-state index < -0.39 is 9.84 Å². The molecule has 1 heterocycles. The van der Waals surface area contributed by atoms with E-state index in [0.29, 0.717) is 6.42 Å². The third kappa shape index (κ3) is 5.37. The molecule has 1 atom stereocenters. The highest BCUT2D eigenvalue weighted by molar-refractivity contribution is 7.91. The van der Waals surface area contributed by atoms with Crippen molar-refractivity contribution in [2.45, 2.75) is 46.1 Å². The summed E-state index contributed by atoms with van der Waals surface area (Å²) in [6.07, 6.45) is 4.25. The lowest BCUT2D eigenvalue weighted by Gasteiger charge is -2.18. The summed E-state index contributed by atoms with van der Waals surface area (Å²) in [6, 6.07) is 2.16. The van der Waals surface area contributed by atoms with Gasteiger partial charge in [-0.05, 0) is 38.8 Å². The number of rotatable bonds is 9. The molecule has 0 saturated carbocycles. The SMILES string of the molecule is CCCNC(CCCS(=O)(=O)CC)c1ccoc1C. The summed E-state index contributed by atoms with van der Waals surface area (Å²) >= 11 is 0. The fraction of sp³-hybridized carbons (Fsp3) is 0.714. The molecule has 1 N–H and O–H groups in total. The third-order valence-electron chi connectivity index (χ3n) is 3.30. The Morgan fingerprint density at radius 1 is 1.37 bits per heavy atom. The van der Waals surface area contributed by atoms with Gasteiger partial charge < -0.3 is 9.73 Å². The molecule has 110 valence electrons. The standard InChI is InChI=1S/C14H25NO3S/c1-4-9-15-14(13-8-10-18-12(13)3)7-6-11-19(16,17)5-2/h8,10,14-15H,4-7,9,11H2,1-3H3. The van der Waals surface area contributed by atoms with Crippen molar-refractivity contribution >= 4 is 9.84 Å². The zero-order chi connectivity index (χ0) is 14.3. The quantitative estimate of drug-likeness (QED) is 0.758. The van der Waals surface area contributed by atoms with Crippen LogP contribution < -0.4 is 5.32 Å². The van der Waals surface area contributed by atoms with E-state index in [4.69, 9.17) is 4.42 Å². The maximum absolute atomic E-state index is 11.5. The van der Waals surface area contributed by atoms with Crippen molar-refractivity contribution in [1.82, 2.24) is 5.32 Å². The van der Waals surface area contributed by atoms with Crippen LogP contribution in [0, 0.1) is 6.92 Å². The molecule has 0 aliphatic carbocycles. The van der Waals surface area contributed by atoms with Gasteiger partial charge in [0.05, 0.1) is 12.0 Å². The van der Waals surface area contributed by atoms with Crippen LogP contribution in [0.4, 0.5) is 0 Å². The zero-order valence-corrected chi connectivity index (χ0v) is 12.9. The number of hydrogen-bond acceptors (Lipinski definition) is 4. The molecule has 0 aliphatic heterocycles. The van der Waals surface area contributed by atoms with Crippen molar-refractivity contribution < 1.29 is 12.8 Å². The Labute approximate surface area is 116 Å². The molecule has 1 unspecified atom stereocenters. The first kappa shape index (κ1) is 16.2. The minimum Gasteiger partial charge on any atom is -0.469 e. The fourth-order valence-corrected chi connectivity index (χ4v) is 2.99. The van der Waals surface area contributed by atoms with E-state index in [1.165, 1.54) is 0 Å². The summed E-state index contributed by atoms with van der Waals surface area (Å²) < 4.78 is 28.4. The van der Waals surface area contributed by atoms with Crippen LogP contribution in [0.2, 0.25) is 0 Å². The molecule has 1 aromatic rings. The molecular weight excluding hydrogens is 262 g/mol.